The van der Waals surface area contributed by atoms with Gasteiger partial charge in [-0.05, 0) is 24.7 Å². The third-order valence-corrected chi connectivity index (χ3v) is 3.40. The number of thioether (sulfide) groups is 1. The second kappa shape index (κ2) is 6.67. The van der Waals surface area contributed by atoms with E-state index in [4.69, 9.17) is 5.11 Å². The molecule has 0 saturated carbocycles. The molecule has 0 radical (unpaired) electrons. The smallest absolute Gasteiger partial charge is 0.305 e. The molecular weight excluding hydrogens is 234 g/mol. The van der Waals surface area contributed by atoms with Gasteiger partial charge < -0.3 is 10.4 Å². The van der Waals surface area contributed by atoms with Gasteiger partial charge >= 0.3 is 5.97 Å². The van der Waals surface area contributed by atoms with E-state index in [9.17, 15) is 4.79 Å². The summed E-state index contributed by atoms with van der Waals surface area (Å²) in [6, 6.07) is 7.97. The molecule has 0 aliphatic rings. The van der Waals surface area contributed by atoms with Gasteiger partial charge in [0.15, 0.2) is 0 Å². The van der Waals surface area contributed by atoms with E-state index in [1.807, 2.05) is 24.3 Å². The normalized spacial score (nSPS) is 12.7. The molecule has 2 N–H and O–H groups in total. The molecule has 0 aliphatic heterocycles. The molecule has 0 fully saturated rings. The minimum Gasteiger partial charge on any atom is -0.481 e. The number of aliphatic carboxylic acids is 1. The van der Waals surface area contributed by atoms with Crippen molar-refractivity contribution in [2.45, 2.75) is 36.5 Å². The van der Waals surface area contributed by atoms with E-state index in [-0.39, 0.29) is 12.5 Å². The van der Waals surface area contributed by atoms with Gasteiger partial charge in [-0.15, -0.1) is 11.8 Å². The van der Waals surface area contributed by atoms with Gasteiger partial charge in [0.1, 0.15) is 0 Å². The van der Waals surface area contributed by atoms with Gasteiger partial charge in [0.05, 0.1) is 6.42 Å². The molecule has 1 unspecified atom stereocenters. The number of carboxylic acids is 1. The highest BCUT2D eigenvalue weighted by atomic mass is 32.2. The topological polar surface area (TPSA) is 49.3 Å². The van der Waals surface area contributed by atoms with Gasteiger partial charge in [0.25, 0.3) is 0 Å². The Morgan fingerprint density at radius 3 is 2.35 bits per heavy atom. The van der Waals surface area contributed by atoms with Crippen LogP contribution in [0, 0.1) is 0 Å². The van der Waals surface area contributed by atoms with Gasteiger partial charge in [-0.3, -0.25) is 4.79 Å². The Balaban J connectivity index is 2.74. The fraction of sp³-hybridized carbons (Fsp3) is 0.462. The first-order chi connectivity index (χ1) is 8.02. The van der Waals surface area contributed by atoms with E-state index in [1.165, 1.54) is 4.90 Å². The van der Waals surface area contributed by atoms with Gasteiger partial charge in [-0.2, -0.15) is 0 Å². The fourth-order valence-corrected chi connectivity index (χ4v) is 2.45. The minimum absolute atomic E-state index is 0.104. The summed E-state index contributed by atoms with van der Waals surface area (Å²) < 4.78 is 0. The van der Waals surface area contributed by atoms with Crippen LogP contribution in [0.15, 0.2) is 29.2 Å². The lowest BCUT2D eigenvalue weighted by Crippen LogP contribution is -2.19. The van der Waals surface area contributed by atoms with Crippen LogP contribution in [0.4, 0.5) is 0 Å². The maximum Gasteiger partial charge on any atom is 0.305 e. The molecule has 0 heterocycles. The molecule has 94 valence electrons. The molecule has 0 amide bonds. The lowest BCUT2D eigenvalue weighted by molar-refractivity contribution is -0.137. The van der Waals surface area contributed by atoms with Crippen molar-refractivity contribution in [3.05, 3.63) is 29.8 Å². The Morgan fingerprint density at radius 2 is 1.94 bits per heavy atom. The highest BCUT2D eigenvalue weighted by Gasteiger charge is 2.13. The zero-order valence-electron chi connectivity index (χ0n) is 10.4. The van der Waals surface area contributed by atoms with Crippen LogP contribution in [0.1, 0.15) is 31.9 Å². The van der Waals surface area contributed by atoms with E-state index in [0.717, 1.165) is 5.56 Å². The Bertz CT molecular complexity index is 362. The standard InChI is InChI=1S/C13H19NO2S/c1-9(2)17-11-6-4-10(5-7-11)12(14-3)8-13(15)16/h4-7,9,12,14H,8H2,1-3H3,(H,15,16). The van der Waals surface area contributed by atoms with Crippen molar-refractivity contribution in [2.24, 2.45) is 0 Å². The van der Waals surface area contributed by atoms with Crippen LogP contribution in [0.5, 0.6) is 0 Å². The third kappa shape index (κ3) is 4.79. The second-order valence-corrected chi connectivity index (χ2v) is 5.82. The van der Waals surface area contributed by atoms with E-state index < -0.39 is 5.97 Å². The van der Waals surface area contributed by atoms with Crippen molar-refractivity contribution < 1.29 is 9.90 Å². The largest absolute Gasteiger partial charge is 0.481 e. The highest BCUT2D eigenvalue weighted by Crippen LogP contribution is 2.25. The molecule has 1 aromatic rings. The highest BCUT2D eigenvalue weighted by molar-refractivity contribution is 7.99. The summed E-state index contributed by atoms with van der Waals surface area (Å²) in [6.07, 6.45) is 0.104. The Kier molecular flexibility index (Phi) is 5.51. The van der Waals surface area contributed by atoms with Gasteiger partial charge in [0, 0.05) is 16.2 Å². The maximum atomic E-state index is 10.7. The summed E-state index contributed by atoms with van der Waals surface area (Å²) >= 11 is 1.80. The number of hydrogen-bond acceptors (Lipinski definition) is 3. The molecule has 1 atom stereocenters. The van der Waals surface area contributed by atoms with Crippen LogP contribution >= 0.6 is 11.8 Å². The third-order valence-electron chi connectivity index (χ3n) is 2.38. The average Bonchev–Trinajstić information content (AvgIpc) is 2.26. The second-order valence-electron chi connectivity index (χ2n) is 4.17. The number of rotatable bonds is 6. The number of benzene rings is 1. The van der Waals surface area contributed by atoms with Crippen LogP contribution in [-0.2, 0) is 4.79 Å². The Morgan fingerprint density at radius 1 is 1.35 bits per heavy atom. The summed E-state index contributed by atoms with van der Waals surface area (Å²) in [5.41, 5.74) is 1.02. The van der Waals surface area contributed by atoms with E-state index in [1.54, 1.807) is 18.8 Å². The monoisotopic (exact) mass is 253 g/mol. The van der Waals surface area contributed by atoms with Crippen molar-refractivity contribution in [1.29, 1.82) is 0 Å². The summed E-state index contributed by atoms with van der Waals surface area (Å²) in [7, 11) is 1.78. The van der Waals surface area contributed by atoms with E-state index >= 15 is 0 Å². The van der Waals surface area contributed by atoms with Crippen LogP contribution in [0.2, 0.25) is 0 Å². The van der Waals surface area contributed by atoms with Crippen molar-refractivity contribution in [2.75, 3.05) is 7.05 Å². The van der Waals surface area contributed by atoms with Crippen molar-refractivity contribution in [1.82, 2.24) is 5.32 Å². The number of carboxylic acid groups (broad SMARTS) is 1. The van der Waals surface area contributed by atoms with Gasteiger partial charge in [0.2, 0.25) is 0 Å². The van der Waals surface area contributed by atoms with Crippen molar-refractivity contribution in [3.8, 4) is 0 Å². The van der Waals surface area contributed by atoms with Crippen molar-refractivity contribution in [3.63, 3.8) is 0 Å². The Labute approximate surface area is 107 Å². The fourth-order valence-electron chi connectivity index (χ4n) is 1.61. The zero-order chi connectivity index (χ0) is 12.8. The molecule has 0 bridgehead atoms. The molecule has 4 heteroatoms. The van der Waals surface area contributed by atoms with Crippen LogP contribution < -0.4 is 5.32 Å². The maximum absolute atomic E-state index is 10.7. The number of hydrogen-bond donors (Lipinski definition) is 2. The predicted octanol–water partition coefficient (Wildman–Crippen LogP) is 2.92. The summed E-state index contributed by atoms with van der Waals surface area (Å²) in [5.74, 6) is -0.787. The first-order valence-corrected chi connectivity index (χ1v) is 6.56. The SMILES string of the molecule is CNC(CC(=O)O)c1ccc(SC(C)C)cc1. The van der Waals surface area contributed by atoms with Gasteiger partial charge in [-0.1, -0.05) is 26.0 Å². The lowest BCUT2D eigenvalue weighted by atomic mass is 10.0. The minimum atomic E-state index is -0.787. The van der Waals surface area contributed by atoms with Crippen LogP contribution in [0.3, 0.4) is 0 Å². The van der Waals surface area contributed by atoms with E-state index in [2.05, 4.69) is 19.2 Å². The van der Waals surface area contributed by atoms with Crippen molar-refractivity contribution >= 4 is 17.7 Å². The summed E-state index contributed by atoms with van der Waals surface area (Å²) in [4.78, 5) is 11.9. The molecule has 0 aliphatic carbocycles. The van der Waals surface area contributed by atoms with Crippen LogP contribution in [0.25, 0.3) is 0 Å². The molecule has 17 heavy (non-hydrogen) atoms. The molecule has 0 aromatic heterocycles. The molecule has 1 aromatic carbocycles. The first-order valence-electron chi connectivity index (χ1n) is 5.68. The number of nitrogens with one attached hydrogen (secondary N) is 1. The Hall–Kier alpha value is -1.00. The summed E-state index contributed by atoms with van der Waals surface area (Å²) in [6.45, 7) is 4.30. The molecule has 1 rings (SSSR count). The predicted molar refractivity (Wildman–Crippen MR) is 71.5 cm³/mol. The van der Waals surface area contributed by atoms with Gasteiger partial charge in [-0.25, -0.2) is 0 Å². The molecule has 3 nitrogen and oxygen atoms in total. The lowest BCUT2D eigenvalue weighted by Gasteiger charge is -2.15. The molecule has 0 saturated heterocycles. The quantitative estimate of drug-likeness (QED) is 0.765. The molecular formula is C13H19NO2S. The first kappa shape index (κ1) is 14.1. The van der Waals surface area contributed by atoms with Crippen LogP contribution in [-0.4, -0.2) is 23.4 Å². The number of carbonyl (C=O) groups is 1. The average molecular weight is 253 g/mol. The zero-order valence-corrected chi connectivity index (χ0v) is 11.3. The summed E-state index contributed by atoms with van der Waals surface area (Å²) in [5, 5.41) is 12.4. The van der Waals surface area contributed by atoms with E-state index in [0.29, 0.717) is 5.25 Å². The molecule has 0 spiro atoms.